The van der Waals surface area contributed by atoms with Crippen LogP contribution in [0.5, 0.6) is 0 Å². The van der Waals surface area contributed by atoms with E-state index in [2.05, 4.69) is 15.3 Å². The average molecular weight is 363 g/mol. The van der Waals surface area contributed by atoms with E-state index in [0.717, 1.165) is 12.0 Å². The van der Waals surface area contributed by atoms with Gasteiger partial charge in [-0.3, -0.25) is 10.1 Å². The Bertz CT molecular complexity index is 918. The fourth-order valence-corrected chi connectivity index (χ4v) is 2.80. The third-order valence-corrected chi connectivity index (χ3v) is 4.03. The van der Waals surface area contributed by atoms with Gasteiger partial charge < -0.3 is 5.32 Å². The molecular formula is C16H12Cl2N4O2. The van der Waals surface area contributed by atoms with Crippen molar-refractivity contribution in [3.8, 4) is 0 Å². The van der Waals surface area contributed by atoms with Crippen molar-refractivity contribution in [1.82, 2.24) is 9.97 Å². The second kappa shape index (κ2) is 6.98. The minimum Gasteiger partial charge on any atom is -0.369 e. The maximum atomic E-state index is 11.1. The Morgan fingerprint density at radius 2 is 2.00 bits per heavy atom. The Labute approximate surface area is 147 Å². The molecule has 0 spiro atoms. The number of anilines is 1. The molecular weight excluding hydrogens is 351 g/mol. The summed E-state index contributed by atoms with van der Waals surface area (Å²) < 4.78 is 0. The van der Waals surface area contributed by atoms with Gasteiger partial charge in [0.05, 0.1) is 10.4 Å². The molecule has 0 aliphatic carbocycles. The quantitative estimate of drug-likeness (QED) is 0.533. The zero-order valence-electron chi connectivity index (χ0n) is 12.4. The number of nitrogens with zero attached hydrogens (tertiary/aromatic N) is 3. The van der Waals surface area contributed by atoms with E-state index in [1.54, 1.807) is 0 Å². The summed E-state index contributed by atoms with van der Waals surface area (Å²) in [6, 6.07) is 10.4. The second-order valence-electron chi connectivity index (χ2n) is 5.11. The van der Waals surface area contributed by atoms with Crippen molar-refractivity contribution in [2.24, 2.45) is 0 Å². The highest BCUT2D eigenvalue weighted by Gasteiger charge is 2.16. The molecule has 3 rings (SSSR count). The average Bonchev–Trinajstić information content (AvgIpc) is 2.54. The van der Waals surface area contributed by atoms with Crippen LogP contribution in [0.1, 0.15) is 5.56 Å². The maximum Gasteiger partial charge on any atom is 0.288 e. The molecule has 2 aromatic carbocycles. The van der Waals surface area contributed by atoms with Gasteiger partial charge in [-0.1, -0.05) is 35.3 Å². The molecule has 24 heavy (non-hydrogen) atoms. The molecule has 1 aromatic heterocycles. The molecule has 122 valence electrons. The van der Waals surface area contributed by atoms with Gasteiger partial charge in [0.2, 0.25) is 0 Å². The fourth-order valence-electron chi connectivity index (χ4n) is 2.36. The lowest BCUT2D eigenvalue weighted by Crippen LogP contribution is -2.07. The maximum absolute atomic E-state index is 11.1. The van der Waals surface area contributed by atoms with Crippen molar-refractivity contribution in [2.75, 3.05) is 11.9 Å². The number of rotatable bonds is 5. The minimum atomic E-state index is -0.523. The number of halogens is 2. The zero-order chi connectivity index (χ0) is 17.1. The second-order valence-corrected chi connectivity index (χ2v) is 5.95. The molecule has 3 aromatic rings. The Morgan fingerprint density at radius 3 is 2.75 bits per heavy atom. The highest BCUT2D eigenvalue weighted by atomic mass is 35.5. The molecule has 0 radical (unpaired) electrons. The van der Waals surface area contributed by atoms with Crippen LogP contribution >= 0.6 is 23.2 Å². The SMILES string of the molecule is O=[N+]([O-])c1cc2c(NCCc3cccc(Cl)c3)ncnc2cc1Cl. The predicted molar refractivity (Wildman–Crippen MR) is 94.8 cm³/mol. The van der Waals surface area contributed by atoms with Crippen molar-refractivity contribution in [3.05, 3.63) is 68.4 Å². The van der Waals surface area contributed by atoms with Crippen LogP contribution < -0.4 is 5.32 Å². The first-order valence-corrected chi connectivity index (χ1v) is 7.87. The first-order valence-electron chi connectivity index (χ1n) is 7.11. The lowest BCUT2D eigenvalue weighted by atomic mass is 10.1. The summed E-state index contributed by atoms with van der Waals surface area (Å²) in [5.74, 6) is 0.529. The summed E-state index contributed by atoms with van der Waals surface area (Å²) in [5, 5.41) is 15.5. The highest BCUT2D eigenvalue weighted by Crippen LogP contribution is 2.31. The van der Waals surface area contributed by atoms with Gasteiger partial charge in [-0.15, -0.1) is 0 Å². The molecule has 0 aliphatic rings. The van der Waals surface area contributed by atoms with Crippen molar-refractivity contribution in [3.63, 3.8) is 0 Å². The van der Waals surface area contributed by atoms with Crippen LogP contribution in [-0.2, 0) is 6.42 Å². The van der Waals surface area contributed by atoms with Crippen molar-refractivity contribution < 1.29 is 4.92 Å². The summed E-state index contributed by atoms with van der Waals surface area (Å²) in [6.07, 6.45) is 2.13. The lowest BCUT2D eigenvalue weighted by Gasteiger charge is -2.09. The minimum absolute atomic E-state index is 0.0519. The van der Waals surface area contributed by atoms with Crippen molar-refractivity contribution in [1.29, 1.82) is 0 Å². The first kappa shape index (κ1) is 16.4. The van der Waals surface area contributed by atoms with Crippen molar-refractivity contribution >= 4 is 45.6 Å². The normalized spacial score (nSPS) is 10.8. The molecule has 6 nitrogen and oxygen atoms in total. The number of benzene rings is 2. The molecule has 8 heteroatoms. The molecule has 1 N–H and O–H groups in total. The smallest absolute Gasteiger partial charge is 0.288 e. The summed E-state index contributed by atoms with van der Waals surface area (Å²) >= 11 is 11.9. The monoisotopic (exact) mass is 362 g/mol. The fraction of sp³-hybridized carbons (Fsp3) is 0.125. The number of nitrogens with one attached hydrogen (secondary N) is 1. The van der Waals surface area contributed by atoms with Gasteiger partial charge in [0, 0.05) is 23.0 Å². The third-order valence-electron chi connectivity index (χ3n) is 3.50. The molecule has 0 atom stereocenters. The van der Waals surface area contributed by atoms with E-state index >= 15 is 0 Å². The standard InChI is InChI=1S/C16H12Cl2N4O2/c17-11-3-1-2-10(6-11)4-5-19-16-12-7-15(22(23)24)13(18)8-14(12)20-9-21-16/h1-3,6-9H,4-5H2,(H,19,20,21). The van der Waals surface area contributed by atoms with Crippen LogP contribution in [0.3, 0.4) is 0 Å². The molecule has 0 fully saturated rings. The number of aromatic nitrogens is 2. The molecule has 0 bridgehead atoms. The zero-order valence-corrected chi connectivity index (χ0v) is 13.9. The van der Waals surface area contributed by atoms with E-state index in [4.69, 9.17) is 23.2 Å². The van der Waals surface area contributed by atoms with Crippen molar-refractivity contribution in [2.45, 2.75) is 6.42 Å². The predicted octanol–water partition coefficient (Wildman–Crippen LogP) is 4.50. The highest BCUT2D eigenvalue weighted by molar-refractivity contribution is 6.33. The van der Waals surface area contributed by atoms with Gasteiger partial charge in [-0.05, 0) is 30.2 Å². The van der Waals surface area contributed by atoms with Gasteiger partial charge >= 0.3 is 0 Å². The van der Waals surface area contributed by atoms with Crippen LogP contribution in [0.2, 0.25) is 10.0 Å². The Balaban J connectivity index is 1.83. The van der Waals surface area contributed by atoms with Crippen LogP contribution in [0.4, 0.5) is 11.5 Å². The topological polar surface area (TPSA) is 81.0 Å². The lowest BCUT2D eigenvalue weighted by molar-refractivity contribution is -0.384. The van der Waals surface area contributed by atoms with E-state index in [1.165, 1.54) is 18.5 Å². The first-order chi connectivity index (χ1) is 11.5. The number of hydrogen-bond donors (Lipinski definition) is 1. The van der Waals surface area contributed by atoms with E-state index in [0.29, 0.717) is 28.3 Å². The molecule has 0 saturated carbocycles. The molecule has 0 aliphatic heterocycles. The summed E-state index contributed by atoms with van der Waals surface area (Å²) in [6.45, 7) is 0.600. The number of nitro benzene ring substituents is 1. The summed E-state index contributed by atoms with van der Waals surface area (Å²) in [7, 11) is 0. The number of hydrogen-bond acceptors (Lipinski definition) is 5. The van der Waals surface area contributed by atoms with Gasteiger partial charge in [0.25, 0.3) is 5.69 Å². The van der Waals surface area contributed by atoms with E-state index in [9.17, 15) is 10.1 Å². The molecule has 1 heterocycles. The Hall–Kier alpha value is -2.44. The largest absolute Gasteiger partial charge is 0.369 e. The van der Waals surface area contributed by atoms with Gasteiger partial charge in [0.15, 0.2) is 0 Å². The van der Waals surface area contributed by atoms with Crippen LogP contribution in [0, 0.1) is 10.1 Å². The molecule has 0 unspecified atom stereocenters. The van der Waals surface area contributed by atoms with Gasteiger partial charge in [-0.25, -0.2) is 9.97 Å². The van der Waals surface area contributed by atoms with Gasteiger partial charge in [-0.2, -0.15) is 0 Å². The van der Waals surface area contributed by atoms with E-state index in [1.807, 2.05) is 24.3 Å². The summed E-state index contributed by atoms with van der Waals surface area (Å²) in [4.78, 5) is 18.8. The van der Waals surface area contributed by atoms with Crippen LogP contribution in [0.25, 0.3) is 10.9 Å². The Morgan fingerprint density at radius 1 is 1.17 bits per heavy atom. The van der Waals surface area contributed by atoms with Crippen LogP contribution in [0.15, 0.2) is 42.7 Å². The number of nitro groups is 1. The molecule has 0 amide bonds. The van der Waals surface area contributed by atoms with Crippen LogP contribution in [-0.4, -0.2) is 21.4 Å². The van der Waals surface area contributed by atoms with E-state index < -0.39 is 4.92 Å². The van der Waals surface area contributed by atoms with E-state index in [-0.39, 0.29) is 10.7 Å². The summed E-state index contributed by atoms with van der Waals surface area (Å²) in [5.41, 5.74) is 1.46. The third kappa shape index (κ3) is 3.55. The molecule has 0 saturated heterocycles. The van der Waals surface area contributed by atoms with Gasteiger partial charge in [0.1, 0.15) is 17.2 Å². The Kier molecular flexibility index (Phi) is 4.78. The number of fused-ring (bicyclic) bond motifs is 1.